The summed E-state index contributed by atoms with van der Waals surface area (Å²) in [7, 11) is 0. The quantitative estimate of drug-likeness (QED) is 0.695. The molecule has 0 heterocycles. The minimum Gasteiger partial charge on any atom is -0.0561 e. The van der Waals surface area contributed by atoms with Crippen LogP contribution in [0.3, 0.4) is 0 Å². The summed E-state index contributed by atoms with van der Waals surface area (Å²) >= 11 is 0. The van der Waals surface area contributed by atoms with Crippen molar-refractivity contribution in [2.75, 3.05) is 0 Å². The molecule has 0 N–H and O–H groups in total. The molecule has 2 aromatic rings. The lowest BCUT2D eigenvalue weighted by Gasteiger charge is -2.16. The minimum atomic E-state index is 1.05. The molecule has 0 fully saturated rings. The van der Waals surface area contributed by atoms with E-state index in [-0.39, 0.29) is 0 Å². The van der Waals surface area contributed by atoms with Crippen LogP contribution in [-0.2, 0) is 6.42 Å². The van der Waals surface area contributed by atoms with Gasteiger partial charge in [-0.1, -0.05) is 35.4 Å². The van der Waals surface area contributed by atoms with Gasteiger partial charge >= 0.3 is 0 Å². The molecule has 100 valence electrons. The predicted octanol–water partition coefficient (Wildman–Crippen LogP) is 5.13. The van der Waals surface area contributed by atoms with E-state index in [1.54, 1.807) is 0 Å². The van der Waals surface area contributed by atoms with E-state index in [9.17, 15) is 0 Å². The average molecular weight is 252 g/mol. The highest BCUT2D eigenvalue weighted by Crippen LogP contribution is 2.24. The Hall–Kier alpha value is -1.56. The lowest BCUT2D eigenvalue weighted by Crippen LogP contribution is -2.01. The van der Waals surface area contributed by atoms with E-state index in [4.69, 9.17) is 0 Å². The molecule has 0 saturated carbocycles. The molecule has 0 amide bonds. The molecule has 0 spiro atoms. The summed E-state index contributed by atoms with van der Waals surface area (Å²) in [6.45, 7) is 13.3. The molecule has 0 atom stereocenters. The van der Waals surface area contributed by atoms with Gasteiger partial charge in [-0.2, -0.15) is 0 Å². The summed E-state index contributed by atoms with van der Waals surface area (Å²) in [6, 6.07) is 9.17. The van der Waals surface area contributed by atoms with Crippen molar-refractivity contribution in [2.45, 2.75) is 48.0 Å². The molecule has 2 rings (SSSR count). The minimum absolute atomic E-state index is 1.05. The van der Waals surface area contributed by atoms with Crippen LogP contribution in [0.5, 0.6) is 0 Å². The van der Waals surface area contributed by atoms with Gasteiger partial charge in [-0.15, -0.1) is 0 Å². The number of hydrogen-bond acceptors (Lipinski definition) is 0. The lowest BCUT2D eigenvalue weighted by atomic mass is 9.89. The van der Waals surface area contributed by atoms with Crippen LogP contribution in [0.4, 0.5) is 0 Å². The van der Waals surface area contributed by atoms with Crippen molar-refractivity contribution in [1.82, 2.24) is 0 Å². The normalized spacial score (nSPS) is 10.8. The standard InChI is InChI=1S/C19H24/c1-12-7-14(3)18(15(4)8-12)11-19-16(5)9-13(2)10-17(19)6/h7-10H,11H2,1-6H3. The Morgan fingerprint density at radius 2 is 0.789 bits per heavy atom. The van der Waals surface area contributed by atoms with Crippen LogP contribution in [0.1, 0.15) is 44.5 Å². The van der Waals surface area contributed by atoms with Crippen LogP contribution in [0.15, 0.2) is 24.3 Å². The smallest absolute Gasteiger partial charge is 0.00153 e. The number of aryl methyl sites for hydroxylation is 6. The molecular formula is C19H24. The van der Waals surface area contributed by atoms with Crippen molar-refractivity contribution >= 4 is 0 Å². The van der Waals surface area contributed by atoms with Crippen molar-refractivity contribution < 1.29 is 0 Å². The predicted molar refractivity (Wildman–Crippen MR) is 84.1 cm³/mol. The first-order valence-electron chi connectivity index (χ1n) is 7.02. The Labute approximate surface area is 117 Å². The number of hydrogen-bond donors (Lipinski definition) is 0. The molecule has 0 aliphatic heterocycles. The molecule has 0 aromatic heterocycles. The van der Waals surface area contributed by atoms with Crippen LogP contribution in [0.2, 0.25) is 0 Å². The van der Waals surface area contributed by atoms with Gasteiger partial charge in [0.05, 0.1) is 0 Å². The fourth-order valence-corrected chi connectivity index (χ4v) is 3.15. The van der Waals surface area contributed by atoms with E-state index in [0.717, 1.165) is 6.42 Å². The van der Waals surface area contributed by atoms with Gasteiger partial charge < -0.3 is 0 Å². The van der Waals surface area contributed by atoms with Crippen molar-refractivity contribution in [3.05, 3.63) is 68.8 Å². The first kappa shape index (κ1) is 13.9. The fraction of sp³-hybridized carbons (Fsp3) is 0.368. The third-order valence-electron chi connectivity index (χ3n) is 4.03. The molecule has 19 heavy (non-hydrogen) atoms. The van der Waals surface area contributed by atoms with E-state index < -0.39 is 0 Å². The van der Waals surface area contributed by atoms with Crippen molar-refractivity contribution in [3.63, 3.8) is 0 Å². The van der Waals surface area contributed by atoms with Crippen LogP contribution in [-0.4, -0.2) is 0 Å². The summed E-state index contributed by atoms with van der Waals surface area (Å²) in [5.74, 6) is 0. The van der Waals surface area contributed by atoms with E-state index in [1.807, 2.05) is 0 Å². The Morgan fingerprint density at radius 3 is 1.05 bits per heavy atom. The Morgan fingerprint density at radius 1 is 0.526 bits per heavy atom. The Kier molecular flexibility index (Phi) is 3.80. The third kappa shape index (κ3) is 2.89. The first-order valence-corrected chi connectivity index (χ1v) is 7.02. The monoisotopic (exact) mass is 252 g/mol. The maximum absolute atomic E-state index is 2.29. The zero-order valence-corrected chi connectivity index (χ0v) is 13.0. The first-order chi connectivity index (χ1) is 8.88. The summed E-state index contributed by atoms with van der Waals surface area (Å²) in [4.78, 5) is 0. The van der Waals surface area contributed by atoms with Crippen LogP contribution >= 0.6 is 0 Å². The van der Waals surface area contributed by atoms with E-state index in [0.29, 0.717) is 0 Å². The van der Waals surface area contributed by atoms with E-state index in [1.165, 1.54) is 44.5 Å². The highest BCUT2D eigenvalue weighted by molar-refractivity contribution is 5.45. The summed E-state index contributed by atoms with van der Waals surface area (Å²) < 4.78 is 0. The van der Waals surface area contributed by atoms with Crippen LogP contribution in [0, 0.1) is 41.5 Å². The molecule has 0 bridgehead atoms. The van der Waals surface area contributed by atoms with Gasteiger partial charge in [-0.3, -0.25) is 0 Å². The third-order valence-corrected chi connectivity index (χ3v) is 4.03. The maximum atomic E-state index is 2.29. The lowest BCUT2D eigenvalue weighted by molar-refractivity contribution is 1.07. The van der Waals surface area contributed by atoms with Gasteiger partial charge in [0.25, 0.3) is 0 Å². The second-order valence-corrected chi connectivity index (χ2v) is 5.93. The molecular weight excluding hydrogens is 228 g/mol. The SMILES string of the molecule is Cc1cc(C)c(Cc2c(C)cc(C)cc2C)c(C)c1. The number of benzene rings is 2. The molecule has 0 unspecified atom stereocenters. The van der Waals surface area contributed by atoms with Gasteiger partial charge in [0.15, 0.2) is 0 Å². The van der Waals surface area contributed by atoms with Gasteiger partial charge in [0.2, 0.25) is 0 Å². The summed E-state index contributed by atoms with van der Waals surface area (Å²) in [6.07, 6.45) is 1.05. The summed E-state index contributed by atoms with van der Waals surface area (Å²) in [5.41, 5.74) is 11.3. The molecule has 0 aliphatic rings. The van der Waals surface area contributed by atoms with E-state index >= 15 is 0 Å². The van der Waals surface area contributed by atoms with Gasteiger partial charge in [-0.05, 0) is 81.3 Å². The Balaban J connectivity index is 2.48. The zero-order chi connectivity index (χ0) is 14.2. The Bertz CT molecular complexity index is 516. The molecule has 0 saturated heterocycles. The van der Waals surface area contributed by atoms with Crippen molar-refractivity contribution in [1.29, 1.82) is 0 Å². The summed E-state index contributed by atoms with van der Waals surface area (Å²) in [5, 5.41) is 0. The largest absolute Gasteiger partial charge is 0.0561 e. The highest BCUT2D eigenvalue weighted by atomic mass is 14.1. The number of rotatable bonds is 2. The second kappa shape index (κ2) is 5.21. The molecule has 0 nitrogen and oxygen atoms in total. The van der Waals surface area contributed by atoms with Crippen LogP contribution < -0.4 is 0 Å². The van der Waals surface area contributed by atoms with Gasteiger partial charge in [0.1, 0.15) is 0 Å². The van der Waals surface area contributed by atoms with Gasteiger partial charge in [0, 0.05) is 0 Å². The fourth-order valence-electron chi connectivity index (χ4n) is 3.15. The van der Waals surface area contributed by atoms with Crippen molar-refractivity contribution in [3.8, 4) is 0 Å². The maximum Gasteiger partial charge on any atom is -0.00153 e. The van der Waals surface area contributed by atoms with E-state index in [2.05, 4.69) is 65.8 Å². The average Bonchev–Trinajstić information content (AvgIpc) is 2.25. The zero-order valence-electron chi connectivity index (χ0n) is 13.0. The molecule has 0 heteroatoms. The molecule has 0 aliphatic carbocycles. The topological polar surface area (TPSA) is 0 Å². The van der Waals surface area contributed by atoms with Crippen LogP contribution in [0.25, 0.3) is 0 Å². The molecule has 0 radical (unpaired) electrons. The second-order valence-electron chi connectivity index (χ2n) is 5.93. The highest BCUT2D eigenvalue weighted by Gasteiger charge is 2.09. The molecule has 2 aromatic carbocycles. The van der Waals surface area contributed by atoms with Crippen molar-refractivity contribution in [2.24, 2.45) is 0 Å². The van der Waals surface area contributed by atoms with Gasteiger partial charge in [-0.25, -0.2) is 0 Å².